The molecule has 0 unspecified atom stereocenters. The van der Waals surface area contributed by atoms with E-state index in [1.165, 1.54) is 0 Å². The standard InChI is InChI=1S/C13H14N5.ClH.Pt/c1-16-9-12(10-17-6-2-4-14-17)8-13(16)11-18-7-3-5-15-18;;/h2-7,9H,10-11H2,1H3;1H;/q-1;;+2/p-1. The topological polar surface area (TPSA) is 40.6 Å². The fourth-order valence-electron chi connectivity index (χ4n) is 1.96. The number of nitrogens with zero attached hydrogens (tertiary/aromatic N) is 5. The Morgan fingerprint density at radius 3 is 2.25 bits per heavy atom. The molecule has 0 aliphatic carbocycles. The van der Waals surface area contributed by atoms with Crippen LogP contribution in [0.15, 0.2) is 43.1 Å². The molecular weight excluding hydrogens is 457 g/mol. The molecule has 3 aromatic heterocycles. The monoisotopic (exact) mass is 470 g/mol. The zero-order valence-electron chi connectivity index (χ0n) is 10.9. The van der Waals surface area contributed by atoms with Crippen molar-refractivity contribution in [3.8, 4) is 0 Å². The van der Waals surface area contributed by atoms with Gasteiger partial charge in [0.2, 0.25) is 0 Å². The molecule has 20 heavy (non-hydrogen) atoms. The molecule has 108 valence electrons. The molecule has 0 radical (unpaired) electrons. The van der Waals surface area contributed by atoms with E-state index < -0.39 is 0 Å². The Balaban J connectivity index is 0.000000704. The first-order valence-electron chi connectivity index (χ1n) is 5.94. The van der Waals surface area contributed by atoms with Gasteiger partial charge in [0.15, 0.2) is 0 Å². The first kappa shape index (κ1) is 15.1. The second-order valence-corrected chi connectivity index (χ2v) is 4.24. The fraction of sp³-hybridized carbons (Fsp3) is 0.231. The van der Waals surface area contributed by atoms with Crippen LogP contribution in [0.2, 0.25) is 0 Å². The number of aromatic nitrogens is 5. The van der Waals surface area contributed by atoms with Crippen molar-refractivity contribution in [1.29, 1.82) is 0 Å². The molecule has 0 saturated carbocycles. The van der Waals surface area contributed by atoms with Gasteiger partial charge in [-0.3, -0.25) is 9.36 Å². The van der Waals surface area contributed by atoms with E-state index >= 15 is 0 Å². The minimum atomic E-state index is 0.739. The third kappa shape index (κ3) is 3.84. The molecule has 0 amide bonds. The first-order chi connectivity index (χ1) is 9.81. The zero-order chi connectivity index (χ0) is 14.4. The second-order valence-electron chi connectivity index (χ2n) is 4.24. The van der Waals surface area contributed by atoms with Gasteiger partial charge < -0.3 is 4.57 Å². The summed E-state index contributed by atoms with van der Waals surface area (Å²) in [4.78, 5) is 0. The number of hydrogen-bond acceptors (Lipinski definition) is 2. The van der Waals surface area contributed by atoms with Crippen LogP contribution in [0.25, 0.3) is 0 Å². The molecule has 7 heteroatoms. The summed E-state index contributed by atoms with van der Waals surface area (Å²) in [5, 5.41) is 8.40. The molecule has 0 spiro atoms. The Hall–Kier alpha value is -1.32. The molecule has 3 heterocycles. The summed E-state index contributed by atoms with van der Waals surface area (Å²) in [5.74, 6) is 0. The third-order valence-corrected chi connectivity index (χ3v) is 2.84. The van der Waals surface area contributed by atoms with Crippen LogP contribution < -0.4 is 0 Å². The summed E-state index contributed by atoms with van der Waals surface area (Å²) in [7, 11) is 6.64. The average molecular weight is 471 g/mol. The summed E-state index contributed by atoms with van der Waals surface area (Å²) in [6.07, 6.45) is 9.56. The number of rotatable bonds is 4. The predicted octanol–water partition coefficient (Wildman–Crippen LogP) is 2.00. The van der Waals surface area contributed by atoms with Gasteiger partial charge in [-0.05, 0) is 19.2 Å². The van der Waals surface area contributed by atoms with Gasteiger partial charge in [-0.25, -0.2) is 6.07 Å². The normalized spacial score (nSPS) is 10.2. The average Bonchev–Trinajstić information content (AvgIpc) is 3.18. The van der Waals surface area contributed by atoms with Crippen LogP contribution in [-0.2, 0) is 38.9 Å². The van der Waals surface area contributed by atoms with Crippen LogP contribution in [0.1, 0.15) is 11.3 Å². The number of aryl methyl sites for hydroxylation is 1. The number of halogens is 1. The molecular formula is C13H14ClN5Pt. The van der Waals surface area contributed by atoms with Crippen LogP contribution in [-0.4, -0.2) is 24.1 Å². The van der Waals surface area contributed by atoms with Crippen LogP contribution in [0.5, 0.6) is 0 Å². The summed E-state index contributed by atoms with van der Waals surface area (Å²) < 4.78 is 5.87. The van der Waals surface area contributed by atoms with Crippen molar-refractivity contribution in [3.05, 3.63) is 60.4 Å². The van der Waals surface area contributed by atoms with E-state index in [4.69, 9.17) is 0 Å². The van der Waals surface area contributed by atoms with E-state index in [-0.39, 0.29) is 0 Å². The van der Waals surface area contributed by atoms with Gasteiger partial charge in [-0.15, -0.1) is 6.20 Å². The van der Waals surface area contributed by atoms with Crippen molar-refractivity contribution in [2.45, 2.75) is 13.1 Å². The Kier molecular flexibility index (Phi) is 5.62. The van der Waals surface area contributed by atoms with Crippen LogP contribution in [0.4, 0.5) is 0 Å². The molecule has 0 atom stereocenters. The summed E-state index contributed by atoms with van der Waals surface area (Å²) in [6.45, 7) is 1.49. The van der Waals surface area contributed by atoms with Gasteiger partial charge in [0.25, 0.3) is 0 Å². The van der Waals surface area contributed by atoms with Crippen molar-refractivity contribution in [1.82, 2.24) is 24.1 Å². The second kappa shape index (κ2) is 7.46. The van der Waals surface area contributed by atoms with Crippen molar-refractivity contribution < 1.29 is 18.8 Å². The molecule has 0 saturated heterocycles. The van der Waals surface area contributed by atoms with Crippen molar-refractivity contribution in [2.75, 3.05) is 0 Å². The first-order valence-corrected chi connectivity index (χ1v) is 8.76. The van der Waals surface area contributed by atoms with Crippen LogP contribution in [0, 0.1) is 6.07 Å². The van der Waals surface area contributed by atoms with Crippen molar-refractivity contribution in [2.24, 2.45) is 7.05 Å². The molecule has 0 bridgehead atoms. The van der Waals surface area contributed by atoms with Gasteiger partial charge in [0, 0.05) is 31.3 Å². The summed E-state index contributed by atoms with van der Waals surface area (Å²) in [6, 6.07) is 7.25. The predicted molar refractivity (Wildman–Crippen MR) is 72.8 cm³/mol. The molecule has 0 aliphatic rings. The molecule has 5 nitrogen and oxygen atoms in total. The fourth-order valence-corrected chi connectivity index (χ4v) is 1.96. The SMILES string of the molecule is Cn1cc(Cn2cccn2)[c-]c1Cn1cccn1.[Cl][Pt+]. The Labute approximate surface area is 133 Å². The summed E-state index contributed by atoms with van der Waals surface area (Å²) in [5.41, 5.74) is 2.24. The van der Waals surface area contributed by atoms with E-state index in [0.29, 0.717) is 0 Å². The van der Waals surface area contributed by atoms with E-state index in [9.17, 15) is 0 Å². The Morgan fingerprint density at radius 1 is 1.10 bits per heavy atom. The van der Waals surface area contributed by atoms with E-state index in [2.05, 4.69) is 36.4 Å². The molecule has 0 aromatic carbocycles. The van der Waals surface area contributed by atoms with Crippen molar-refractivity contribution >= 4 is 9.42 Å². The maximum atomic E-state index is 4.61. The van der Waals surface area contributed by atoms with E-state index in [1.807, 2.05) is 40.9 Å². The van der Waals surface area contributed by atoms with E-state index in [1.54, 1.807) is 31.2 Å². The molecule has 0 fully saturated rings. The Bertz CT molecular complexity index is 615. The van der Waals surface area contributed by atoms with Gasteiger partial charge in [0.1, 0.15) is 0 Å². The van der Waals surface area contributed by atoms with Crippen molar-refractivity contribution in [3.63, 3.8) is 0 Å². The zero-order valence-corrected chi connectivity index (χ0v) is 13.9. The minimum absolute atomic E-state index is 0.739. The van der Waals surface area contributed by atoms with E-state index in [0.717, 1.165) is 24.3 Å². The molecule has 0 aliphatic heterocycles. The quantitative estimate of drug-likeness (QED) is 0.547. The van der Waals surface area contributed by atoms with Gasteiger partial charge in [0.05, 0.1) is 6.54 Å². The molecule has 0 N–H and O–H groups in total. The maximum absolute atomic E-state index is 4.61. The van der Waals surface area contributed by atoms with Gasteiger partial charge >= 0.3 is 28.2 Å². The number of hydrogen-bond donors (Lipinski definition) is 0. The molecule has 3 aromatic rings. The summed E-state index contributed by atoms with van der Waals surface area (Å²) >= 11 is 1.61. The Morgan fingerprint density at radius 2 is 1.70 bits per heavy atom. The molecule has 3 rings (SSSR count). The van der Waals surface area contributed by atoms with Gasteiger partial charge in [-0.2, -0.15) is 15.8 Å². The van der Waals surface area contributed by atoms with Crippen LogP contribution >= 0.6 is 9.42 Å². The van der Waals surface area contributed by atoms with Crippen LogP contribution in [0.3, 0.4) is 0 Å². The third-order valence-electron chi connectivity index (χ3n) is 2.84. The van der Waals surface area contributed by atoms with Gasteiger partial charge in [-0.1, -0.05) is 5.69 Å².